The van der Waals surface area contributed by atoms with Gasteiger partial charge < -0.3 is 20.4 Å². The molecule has 4 aliphatic carbocycles. The van der Waals surface area contributed by atoms with Crippen LogP contribution in [0.2, 0.25) is 0 Å². The highest BCUT2D eigenvalue weighted by Gasteiger charge is 2.63. The van der Waals surface area contributed by atoms with Crippen molar-refractivity contribution in [2.45, 2.75) is 97.7 Å². The molecule has 1 saturated heterocycles. The zero-order valence-electron chi connectivity index (χ0n) is 21.9. The molecular formula is C29H48N2O3. The van der Waals surface area contributed by atoms with E-state index in [9.17, 15) is 15.0 Å². The van der Waals surface area contributed by atoms with Gasteiger partial charge in [0.25, 0.3) is 0 Å². The molecule has 0 aromatic heterocycles. The molecule has 0 radical (unpaired) electrons. The van der Waals surface area contributed by atoms with Gasteiger partial charge in [0.2, 0.25) is 0 Å². The van der Waals surface area contributed by atoms with E-state index in [1.54, 1.807) is 5.57 Å². The van der Waals surface area contributed by atoms with Crippen LogP contribution in [-0.4, -0.2) is 53.0 Å². The topological polar surface area (TPSA) is 72.8 Å². The number of hydrogen-bond acceptors (Lipinski definition) is 3. The Labute approximate surface area is 206 Å². The lowest BCUT2D eigenvalue weighted by molar-refractivity contribution is -0.197. The van der Waals surface area contributed by atoms with Crippen molar-refractivity contribution in [3.8, 4) is 0 Å². The van der Waals surface area contributed by atoms with E-state index >= 15 is 0 Å². The van der Waals surface area contributed by atoms with Gasteiger partial charge in [0.1, 0.15) is 0 Å². The summed E-state index contributed by atoms with van der Waals surface area (Å²) in [5.41, 5.74) is 2.09. The molecule has 0 aromatic carbocycles. The largest absolute Gasteiger partial charge is 0.393 e. The van der Waals surface area contributed by atoms with Crippen LogP contribution in [0.4, 0.5) is 4.79 Å². The molecule has 1 aliphatic heterocycles. The van der Waals surface area contributed by atoms with E-state index in [0.29, 0.717) is 35.5 Å². The van der Waals surface area contributed by atoms with Crippen molar-refractivity contribution in [1.29, 1.82) is 0 Å². The summed E-state index contributed by atoms with van der Waals surface area (Å²) in [6.07, 6.45) is 11.8. The fourth-order valence-corrected chi connectivity index (χ4v) is 9.80. The van der Waals surface area contributed by atoms with Gasteiger partial charge in [0.15, 0.2) is 0 Å². The molecule has 5 rings (SSSR count). The molecule has 5 aliphatic rings. The molecule has 10 atom stereocenters. The molecule has 1 unspecified atom stereocenters. The van der Waals surface area contributed by atoms with Crippen LogP contribution >= 0.6 is 0 Å². The highest BCUT2D eigenvalue weighted by Crippen LogP contribution is 2.68. The Morgan fingerprint density at radius 3 is 2.68 bits per heavy atom. The fourth-order valence-electron chi connectivity index (χ4n) is 9.80. The Morgan fingerprint density at radius 2 is 1.97 bits per heavy atom. The quantitative estimate of drug-likeness (QED) is 0.478. The molecule has 3 N–H and O–H groups in total. The van der Waals surface area contributed by atoms with Crippen molar-refractivity contribution in [2.24, 2.45) is 46.3 Å². The summed E-state index contributed by atoms with van der Waals surface area (Å²) in [5, 5.41) is 25.2. The monoisotopic (exact) mass is 472 g/mol. The highest BCUT2D eigenvalue weighted by atomic mass is 16.3. The maximum Gasteiger partial charge on any atom is 0.317 e. The molecule has 192 valence electrons. The third kappa shape index (κ3) is 3.75. The second-order valence-electron chi connectivity index (χ2n) is 13.0. The first-order valence-electron chi connectivity index (χ1n) is 14.3. The standard InChI is InChI=1S/C29H48N2O3/c1-5-20-24-17-19(32)10-12-29(24,4)23-11-13-28(3)21(8-9-22(28)25(23)26(20)33)18(2)7-6-15-31-16-14-30-27(31)34/h8,18-20,22-26,32-33H,5-7,9-17H2,1-4H3,(H,30,34)/t18-,19-,20-,22+,23+,24?,25+,26-,28-,29-/m1/s1. The number of hydrogen-bond donors (Lipinski definition) is 3. The van der Waals surface area contributed by atoms with Crippen LogP contribution in [0.3, 0.4) is 0 Å². The number of amides is 2. The Morgan fingerprint density at radius 1 is 1.18 bits per heavy atom. The number of nitrogens with one attached hydrogen (secondary N) is 1. The number of aliphatic hydroxyl groups excluding tert-OH is 2. The van der Waals surface area contributed by atoms with Gasteiger partial charge in [0.05, 0.1) is 12.2 Å². The smallest absolute Gasteiger partial charge is 0.317 e. The summed E-state index contributed by atoms with van der Waals surface area (Å²) in [7, 11) is 0. The van der Waals surface area contributed by atoms with E-state index in [-0.39, 0.29) is 29.1 Å². The number of fused-ring (bicyclic) bond motifs is 5. The van der Waals surface area contributed by atoms with E-state index < -0.39 is 0 Å². The lowest BCUT2D eigenvalue weighted by Crippen LogP contribution is -2.62. The first-order valence-corrected chi connectivity index (χ1v) is 14.3. The Hall–Kier alpha value is -1.07. The fraction of sp³-hybridized carbons (Fsp3) is 0.897. The summed E-state index contributed by atoms with van der Waals surface area (Å²) in [4.78, 5) is 13.8. The van der Waals surface area contributed by atoms with Gasteiger partial charge in [-0.05, 0) is 97.7 Å². The Bertz CT molecular complexity index is 813. The van der Waals surface area contributed by atoms with Crippen molar-refractivity contribution < 1.29 is 15.0 Å². The minimum Gasteiger partial charge on any atom is -0.393 e. The van der Waals surface area contributed by atoms with Crippen LogP contribution in [0.25, 0.3) is 0 Å². The van der Waals surface area contributed by atoms with Crippen LogP contribution in [0.5, 0.6) is 0 Å². The van der Waals surface area contributed by atoms with Crippen LogP contribution in [0.1, 0.15) is 85.5 Å². The zero-order valence-corrected chi connectivity index (χ0v) is 21.9. The van der Waals surface area contributed by atoms with Gasteiger partial charge in [-0.3, -0.25) is 0 Å². The Kier molecular flexibility index (Phi) is 6.59. The molecule has 34 heavy (non-hydrogen) atoms. The highest BCUT2D eigenvalue weighted by molar-refractivity contribution is 5.76. The van der Waals surface area contributed by atoms with Crippen LogP contribution in [-0.2, 0) is 0 Å². The minimum absolute atomic E-state index is 0.0943. The number of urea groups is 1. The number of rotatable bonds is 6. The van der Waals surface area contributed by atoms with Crippen molar-refractivity contribution in [2.75, 3.05) is 19.6 Å². The summed E-state index contributed by atoms with van der Waals surface area (Å²) >= 11 is 0. The van der Waals surface area contributed by atoms with E-state index in [1.807, 2.05) is 4.90 Å². The van der Waals surface area contributed by atoms with Crippen molar-refractivity contribution >= 4 is 6.03 Å². The average molecular weight is 473 g/mol. The summed E-state index contributed by atoms with van der Waals surface area (Å²) in [6, 6.07) is 0.0943. The van der Waals surface area contributed by atoms with E-state index in [0.717, 1.165) is 64.6 Å². The van der Waals surface area contributed by atoms with Crippen molar-refractivity contribution in [1.82, 2.24) is 10.2 Å². The second-order valence-corrected chi connectivity index (χ2v) is 13.0. The van der Waals surface area contributed by atoms with Gasteiger partial charge in [-0.2, -0.15) is 0 Å². The lowest BCUT2D eigenvalue weighted by Gasteiger charge is -2.64. The number of allylic oxidation sites excluding steroid dienone is 2. The number of aliphatic hydroxyl groups is 2. The van der Waals surface area contributed by atoms with E-state index in [4.69, 9.17) is 0 Å². The van der Waals surface area contributed by atoms with E-state index in [1.165, 1.54) is 12.8 Å². The minimum atomic E-state index is -0.236. The SMILES string of the molecule is CC[C@@H]1C2C[C@H](O)CC[C@]2(C)[C@H]2CC[C@]3(C)C([C@H](C)CCCN4CCNC4=O)=CC[C@H]3[C@@H]2[C@@H]1O. The first kappa shape index (κ1) is 24.6. The molecule has 0 spiro atoms. The molecule has 0 bridgehead atoms. The lowest BCUT2D eigenvalue weighted by atomic mass is 9.41. The van der Waals surface area contributed by atoms with Crippen LogP contribution in [0, 0.1) is 46.3 Å². The summed E-state index contributed by atoms with van der Waals surface area (Å²) in [5.74, 6) is 2.82. The molecule has 2 amide bonds. The maximum absolute atomic E-state index is 11.9. The maximum atomic E-state index is 11.9. The normalized spacial score (nSPS) is 46.9. The zero-order chi connectivity index (χ0) is 24.3. The van der Waals surface area contributed by atoms with E-state index in [2.05, 4.69) is 39.1 Å². The molecule has 1 heterocycles. The number of carbonyl (C=O) groups is 1. The molecular weight excluding hydrogens is 424 g/mol. The molecule has 5 heteroatoms. The second kappa shape index (κ2) is 9.10. The van der Waals surface area contributed by atoms with Crippen LogP contribution in [0.15, 0.2) is 11.6 Å². The molecule has 0 aromatic rings. The molecule has 3 saturated carbocycles. The molecule has 4 fully saturated rings. The van der Waals surface area contributed by atoms with Gasteiger partial charge in [-0.25, -0.2) is 4.79 Å². The van der Waals surface area contributed by atoms with Crippen molar-refractivity contribution in [3.63, 3.8) is 0 Å². The number of nitrogens with zero attached hydrogens (tertiary/aromatic N) is 1. The predicted molar refractivity (Wildman–Crippen MR) is 135 cm³/mol. The van der Waals surface area contributed by atoms with Crippen LogP contribution < -0.4 is 5.32 Å². The van der Waals surface area contributed by atoms with Crippen molar-refractivity contribution in [3.05, 3.63) is 11.6 Å². The summed E-state index contributed by atoms with van der Waals surface area (Å²) < 4.78 is 0. The first-order chi connectivity index (χ1) is 16.2. The molecule has 5 nitrogen and oxygen atoms in total. The third-order valence-corrected chi connectivity index (χ3v) is 11.6. The Balaban J connectivity index is 1.31. The van der Waals surface area contributed by atoms with Gasteiger partial charge >= 0.3 is 6.03 Å². The average Bonchev–Trinajstić information content (AvgIpc) is 3.37. The third-order valence-electron chi connectivity index (χ3n) is 11.6. The van der Waals surface area contributed by atoms with Gasteiger partial charge in [-0.15, -0.1) is 0 Å². The number of carbonyl (C=O) groups excluding carboxylic acids is 1. The summed E-state index contributed by atoms with van der Waals surface area (Å²) in [6.45, 7) is 12.1. The predicted octanol–water partition coefficient (Wildman–Crippen LogP) is 4.97. The van der Waals surface area contributed by atoms with Gasteiger partial charge in [-0.1, -0.05) is 45.8 Å². The van der Waals surface area contributed by atoms with Gasteiger partial charge in [0, 0.05) is 19.6 Å².